The minimum atomic E-state index is -0.243. The summed E-state index contributed by atoms with van der Waals surface area (Å²) in [6.45, 7) is 6.37. The predicted molar refractivity (Wildman–Crippen MR) is 82.3 cm³/mol. The van der Waals surface area contributed by atoms with Crippen molar-refractivity contribution in [1.29, 1.82) is 0 Å². The van der Waals surface area contributed by atoms with E-state index in [-0.39, 0.29) is 23.8 Å². The van der Waals surface area contributed by atoms with E-state index in [0.29, 0.717) is 38.8 Å². The number of nitrogens with one attached hydrogen (secondary N) is 1. The van der Waals surface area contributed by atoms with Gasteiger partial charge in [0.25, 0.3) is 5.91 Å². The summed E-state index contributed by atoms with van der Waals surface area (Å²) in [6, 6.07) is 0.421. The molecule has 22 heavy (non-hydrogen) atoms. The Kier molecular flexibility index (Phi) is 4.98. The van der Waals surface area contributed by atoms with Crippen LogP contribution in [0.25, 0.3) is 0 Å². The Labute approximate surface area is 132 Å². The smallest absolute Gasteiger partial charge is 0.251 e. The normalized spacial score (nSPS) is 33.0. The van der Waals surface area contributed by atoms with Gasteiger partial charge < -0.3 is 19.9 Å². The molecule has 1 N–H and O–H groups in total. The summed E-state index contributed by atoms with van der Waals surface area (Å²) in [6.07, 6.45) is 3.42. The van der Waals surface area contributed by atoms with Crippen molar-refractivity contribution in [2.24, 2.45) is 5.92 Å². The number of hydrogen-bond donors (Lipinski definition) is 1. The molecule has 2 amide bonds. The highest BCUT2D eigenvalue weighted by Crippen LogP contribution is 2.21. The zero-order chi connectivity index (χ0) is 15.5. The Balaban J connectivity index is 1.48. The molecule has 3 rings (SSSR count). The van der Waals surface area contributed by atoms with Crippen molar-refractivity contribution in [3.05, 3.63) is 0 Å². The second-order valence-electron chi connectivity index (χ2n) is 6.73. The second-order valence-corrected chi connectivity index (χ2v) is 6.73. The van der Waals surface area contributed by atoms with Crippen LogP contribution in [0.3, 0.4) is 0 Å². The maximum Gasteiger partial charge on any atom is 0.251 e. The first-order chi connectivity index (χ1) is 10.6. The number of ether oxygens (including phenoxy) is 1. The molecule has 3 saturated heterocycles. The number of carbonyl (C=O) groups is 2. The van der Waals surface area contributed by atoms with E-state index in [0.717, 1.165) is 32.2 Å². The van der Waals surface area contributed by atoms with Crippen molar-refractivity contribution in [2.45, 2.75) is 44.8 Å². The highest BCUT2D eigenvalue weighted by Gasteiger charge is 2.34. The fraction of sp³-hybridized carbons (Fsp3) is 0.875. The molecule has 0 aliphatic carbocycles. The number of rotatable bonds is 2. The van der Waals surface area contributed by atoms with E-state index in [2.05, 4.69) is 12.2 Å². The van der Waals surface area contributed by atoms with Crippen LogP contribution in [0.1, 0.15) is 32.6 Å². The van der Waals surface area contributed by atoms with Crippen LogP contribution in [0.5, 0.6) is 0 Å². The molecule has 124 valence electrons. The van der Waals surface area contributed by atoms with E-state index in [1.54, 1.807) is 0 Å². The summed E-state index contributed by atoms with van der Waals surface area (Å²) < 4.78 is 5.47. The lowest BCUT2D eigenvalue weighted by Crippen LogP contribution is -2.54. The Morgan fingerprint density at radius 3 is 2.32 bits per heavy atom. The van der Waals surface area contributed by atoms with Crippen molar-refractivity contribution in [1.82, 2.24) is 15.1 Å². The van der Waals surface area contributed by atoms with Crippen LogP contribution in [-0.2, 0) is 14.3 Å². The first-order valence-corrected chi connectivity index (χ1v) is 8.57. The number of piperazine rings is 1. The first-order valence-electron chi connectivity index (χ1n) is 8.57. The topological polar surface area (TPSA) is 61.9 Å². The van der Waals surface area contributed by atoms with Crippen molar-refractivity contribution < 1.29 is 14.3 Å². The molecule has 3 fully saturated rings. The van der Waals surface area contributed by atoms with Gasteiger partial charge in [0.2, 0.25) is 5.91 Å². The summed E-state index contributed by atoms with van der Waals surface area (Å²) >= 11 is 0. The molecule has 0 spiro atoms. The van der Waals surface area contributed by atoms with Crippen LogP contribution in [0.2, 0.25) is 0 Å². The zero-order valence-electron chi connectivity index (χ0n) is 13.4. The van der Waals surface area contributed by atoms with Gasteiger partial charge in [-0.05, 0) is 39.2 Å². The summed E-state index contributed by atoms with van der Waals surface area (Å²) in [5.74, 6) is 0.536. The maximum absolute atomic E-state index is 12.6. The van der Waals surface area contributed by atoms with Gasteiger partial charge in [-0.2, -0.15) is 0 Å². The van der Waals surface area contributed by atoms with Crippen molar-refractivity contribution in [3.8, 4) is 0 Å². The minimum absolute atomic E-state index is 0.111. The number of amides is 2. The molecule has 0 aromatic rings. The van der Waals surface area contributed by atoms with E-state index in [4.69, 9.17) is 4.74 Å². The molecule has 0 saturated carbocycles. The second kappa shape index (κ2) is 6.96. The van der Waals surface area contributed by atoms with Gasteiger partial charge in [0, 0.05) is 44.7 Å². The molecule has 3 aliphatic heterocycles. The largest absolute Gasteiger partial charge is 0.368 e. The number of hydrogen-bond acceptors (Lipinski definition) is 4. The molecule has 0 aromatic carbocycles. The van der Waals surface area contributed by atoms with Gasteiger partial charge in [0.05, 0.1) is 0 Å². The third-order valence-electron chi connectivity index (χ3n) is 5.08. The average molecular weight is 309 g/mol. The summed E-state index contributed by atoms with van der Waals surface area (Å²) in [4.78, 5) is 28.7. The SMILES string of the molecule is C[C@H]1C[C@@H](C(=O)N2CCN(C(=O)C3CCCO3)CC2)CCN1. The van der Waals surface area contributed by atoms with E-state index in [9.17, 15) is 9.59 Å². The van der Waals surface area contributed by atoms with Crippen LogP contribution in [0, 0.1) is 5.92 Å². The van der Waals surface area contributed by atoms with Gasteiger partial charge in [-0.15, -0.1) is 0 Å². The fourth-order valence-electron chi connectivity index (χ4n) is 3.74. The minimum Gasteiger partial charge on any atom is -0.368 e. The molecular weight excluding hydrogens is 282 g/mol. The van der Waals surface area contributed by atoms with Gasteiger partial charge in [0.1, 0.15) is 6.10 Å². The molecule has 0 aromatic heterocycles. The zero-order valence-corrected chi connectivity index (χ0v) is 13.4. The van der Waals surface area contributed by atoms with Crippen LogP contribution < -0.4 is 5.32 Å². The lowest BCUT2D eigenvalue weighted by atomic mass is 9.92. The van der Waals surface area contributed by atoms with Gasteiger partial charge in [-0.25, -0.2) is 0 Å². The van der Waals surface area contributed by atoms with Crippen molar-refractivity contribution >= 4 is 11.8 Å². The predicted octanol–water partition coefficient (Wildman–Crippen LogP) is 0.224. The molecule has 3 atom stereocenters. The Bertz CT molecular complexity index is 415. The Morgan fingerprint density at radius 2 is 1.73 bits per heavy atom. The van der Waals surface area contributed by atoms with Crippen LogP contribution in [-0.4, -0.2) is 73.1 Å². The molecule has 0 bridgehead atoms. The fourth-order valence-corrected chi connectivity index (χ4v) is 3.74. The third kappa shape index (κ3) is 3.43. The molecule has 0 radical (unpaired) electrons. The number of piperidine rings is 1. The van der Waals surface area contributed by atoms with Gasteiger partial charge >= 0.3 is 0 Å². The van der Waals surface area contributed by atoms with Gasteiger partial charge in [-0.1, -0.05) is 0 Å². The molecule has 6 heteroatoms. The summed E-state index contributed by atoms with van der Waals surface area (Å²) in [7, 11) is 0. The number of nitrogens with zero attached hydrogens (tertiary/aromatic N) is 2. The molecule has 3 heterocycles. The molecular formula is C16H27N3O3. The third-order valence-corrected chi connectivity index (χ3v) is 5.08. The van der Waals surface area contributed by atoms with E-state index in [1.807, 2.05) is 9.80 Å². The lowest BCUT2D eigenvalue weighted by molar-refractivity contribution is -0.147. The Morgan fingerprint density at radius 1 is 1.05 bits per heavy atom. The summed E-state index contributed by atoms with van der Waals surface area (Å²) in [5.41, 5.74) is 0. The highest BCUT2D eigenvalue weighted by atomic mass is 16.5. The van der Waals surface area contributed by atoms with Gasteiger partial charge in [-0.3, -0.25) is 9.59 Å². The Hall–Kier alpha value is -1.14. The van der Waals surface area contributed by atoms with Crippen molar-refractivity contribution in [3.63, 3.8) is 0 Å². The van der Waals surface area contributed by atoms with Crippen LogP contribution in [0.4, 0.5) is 0 Å². The standard InChI is InChI=1S/C16H27N3O3/c1-12-11-13(4-5-17-12)15(20)18-6-8-19(9-7-18)16(21)14-3-2-10-22-14/h12-14,17H,2-11H2,1H3/t12-,13-,14?/m0/s1. The maximum atomic E-state index is 12.6. The number of carbonyl (C=O) groups excluding carboxylic acids is 2. The van der Waals surface area contributed by atoms with Crippen LogP contribution >= 0.6 is 0 Å². The first kappa shape index (κ1) is 15.7. The molecule has 1 unspecified atom stereocenters. The molecule has 3 aliphatic rings. The van der Waals surface area contributed by atoms with Gasteiger partial charge in [0.15, 0.2) is 0 Å². The monoisotopic (exact) mass is 309 g/mol. The quantitative estimate of drug-likeness (QED) is 0.793. The van der Waals surface area contributed by atoms with E-state index >= 15 is 0 Å². The summed E-state index contributed by atoms with van der Waals surface area (Å²) in [5, 5.41) is 3.39. The highest BCUT2D eigenvalue weighted by molar-refractivity contribution is 5.82. The van der Waals surface area contributed by atoms with Crippen LogP contribution in [0.15, 0.2) is 0 Å². The average Bonchev–Trinajstić information content (AvgIpc) is 3.08. The molecule has 6 nitrogen and oxygen atoms in total. The lowest BCUT2D eigenvalue weighted by Gasteiger charge is -2.38. The van der Waals surface area contributed by atoms with Crippen molar-refractivity contribution in [2.75, 3.05) is 39.3 Å². The van der Waals surface area contributed by atoms with E-state index < -0.39 is 0 Å². The van der Waals surface area contributed by atoms with E-state index in [1.165, 1.54) is 0 Å².